The van der Waals surface area contributed by atoms with Crippen LogP contribution in [0.3, 0.4) is 0 Å². The molecule has 0 aliphatic heterocycles. The number of ether oxygens (including phenoxy) is 2. The number of carbonyl (C=O) groups is 1. The zero-order valence-corrected chi connectivity index (χ0v) is 13.3. The van der Waals surface area contributed by atoms with E-state index >= 15 is 0 Å². The van der Waals surface area contributed by atoms with E-state index in [4.69, 9.17) is 0 Å². The van der Waals surface area contributed by atoms with E-state index in [9.17, 15) is 75.0 Å². The third-order valence-electron chi connectivity index (χ3n) is 3.04. The molecule has 3 nitrogen and oxygen atoms in total. The molecule has 0 radical (unpaired) electrons. The summed E-state index contributed by atoms with van der Waals surface area (Å²) < 4.78 is 211. The molecular weight excluding hydrogens is 496 g/mol. The van der Waals surface area contributed by atoms with Crippen molar-refractivity contribution >= 4 is 6.04 Å². The van der Waals surface area contributed by atoms with Crippen LogP contribution in [0.5, 0.6) is 5.75 Å². The van der Waals surface area contributed by atoms with Gasteiger partial charge >= 0.3 is 36.2 Å². The van der Waals surface area contributed by atoms with Crippen molar-refractivity contribution in [1.82, 2.24) is 0 Å². The van der Waals surface area contributed by atoms with E-state index in [1.807, 2.05) is 0 Å². The zero-order chi connectivity index (χ0) is 25.0. The summed E-state index contributed by atoms with van der Waals surface area (Å²) >= 11 is 0. The van der Waals surface area contributed by atoms with Crippen molar-refractivity contribution in [1.29, 1.82) is 0 Å². The normalized spacial score (nSPS) is 17.2. The van der Waals surface area contributed by atoms with Gasteiger partial charge in [-0.1, -0.05) is 0 Å². The van der Waals surface area contributed by atoms with Crippen molar-refractivity contribution < 1.29 is 84.5 Å². The van der Waals surface area contributed by atoms with Crippen LogP contribution in [-0.4, -0.2) is 36.2 Å². The maximum atomic E-state index is 14.0. The van der Waals surface area contributed by atoms with Crippen molar-refractivity contribution in [3.8, 4) is 5.75 Å². The molecule has 178 valence electrons. The molecule has 0 N–H and O–H groups in total. The molecule has 0 saturated carbocycles. The highest BCUT2D eigenvalue weighted by molar-refractivity contribution is 5.77. The number of carbonyl (C=O) groups excluding carboxylic acids is 1. The number of hydrogen-bond donors (Lipinski definition) is 0. The molecule has 31 heavy (non-hydrogen) atoms. The number of hydrogen-bond acceptors (Lipinski definition) is 3. The number of rotatable bonds is 6. The maximum Gasteiger partial charge on any atom is 0.470 e. The topological polar surface area (TPSA) is 35.5 Å². The van der Waals surface area contributed by atoms with Crippen LogP contribution in [0.2, 0.25) is 0 Å². The Bertz CT molecular complexity index is 847. The third kappa shape index (κ3) is 4.18. The Morgan fingerprint density at radius 2 is 0.968 bits per heavy atom. The highest BCUT2D eigenvalue weighted by Gasteiger charge is 2.81. The molecular formula is C12F16O3. The van der Waals surface area contributed by atoms with Gasteiger partial charge in [-0.3, -0.25) is 9.53 Å². The average molecular weight is 496 g/mol. The summed E-state index contributed by atoms with van der Waals surface area (Å²) in [5.41, 5.74) is 0. The monoisotopic (exact) mass is 496 g/mol. The van der Waals surface area contributed by atoms with Crippen LogP contribution in [0.25, 0.3) is 0 Å². The van der Waals surface area contributed by atoms with Crippen LogP contribution >= 0.6 is 0 Å². The van der Waals surface area contributed by atoms with E-state index in [1.165, 1.54) is 0 Å². The minimum absolute atomic E-state index is 1.70. The predicted octanol–water partition coefficient (Wildman–Crippen LogP) is 5.32. The van der Waals surface area contributed by atoms with Gasteiger partial charge in [-0.15, -0.1) is 0 Å². The highest BCUT2D eigenvalue weighted by atomic mass is 19.4. The highest BCUT2D eigenvalue weighted by Crippen LogP contribution is 2.52. The van der Waals surface area contributed by atoms with E-state index in [1.54, 1.807) is 4.74 Å². The number of halogens is 16. The third-order valence-corrected chi connectivity index (χ3v) is 3.04. The molecule has 1 aromatic rings. The van der Waals surface area contributed by atoms with Crippen LogP contribution in [0.15, 0.2) is 0 Å². The second-order valence-electron chi connectivity index (χ2n) is 5.08. The Kier molecular flexibility index (Phi) is 6.50. The summed E-state index contributed by atoms with van der Waals surface area (Å²) in [6, 6.07) is -4.60. The Morgan fingerprint density at radius 1 is 0.613 bits per heavy atom. The molecule has 19 heteroatoms. The molecule has 2 unspecified atom stereocenters. The van der Waals surface area contributed by atoms with Gasteiger partial charge in [0, 0.05) is 0 Å². The van der Waals surface area contributed by atoms with Gasteiger partial charge in [0.25, 0.3) is 0 Å². The molecule has 0 bridgehead atoms. The van der Waals surface area contributed by atoms with Crippen molar-refractivity contribution in [3.05, 3.63) is 29.1 Å². The van der Waals surface area contributed by atoms with Crippen molar-refractivity contribution in [3.63, 3.8) is 0 Å². The average Bonchev–Trinajstić information content (AvgIpc) is 2.59. The lowest BCUT2D eigenvalue weighted by Gasteiger charge is -2.36. The van der Waals surface area contributed by atoms with Gasteiger partial charge in [-0.2, -0.15) is 57.1 Å². The maximum absolute atomic E-state index is 14.0. The van der Waals surface area contributed by atoms with E-state index < -0.39 is 71.0 Å². The minimum Gasteiger partial charge on any atom is -0.437 e. The summed E-state index contributed by atoms with van der Waals surface area (Å²) in [4.78, 5) is 10.0. The quantitative estimate of drug-likeness (QED) is 0.232. The first-order valence-electron chi connectivity index (χ1n) is 6.54. The molecule has 0 aromatic heterocycles. The van der Waals surface area contributed by atoms with Gasteiger partial charge < -0.3 is 4.74 Å². The summed E-state index contributed by atoms with van der Waals surface area (Å²) in [5, 5.41) is 0. The van der Waals surface area contributed by atoms with Gasteiger partial charge in [0.15, 0.2) is 0 Å². The van der Waals surface area contributed by atoms with Crippen molar-refractivity contribution in [2.45, 2.75) is 30.2 Å². The summed E-state index contributed by atoms with van der Waals surface area (Å²) in [5.74, 6) is -34.5. The molecule has 0 saturated heterocycles. The molecule has 0 heterocycles. The molecule has 0 fully saturated rings. The minimum atomic E-state index is -7.56. The number of alkyl halides is 10. The Labute approximate surface area is 157 Å². The van der Waals surface area contributed by atoms with Crippen molar-refractivity contribution in [2.75, 3.05) is 0 Å². The van der Waals surface area contributed by atoms with Gasteiger partial charge in [0.2, 0.25) is 34.8 Å². The van der Waals surface area contributed by atoms with Crippen LogP contribution < -0.4 is 4.74 Å². The van der Waals surface area contributed by atoms with Gasteiger partial charge in [0.1, 0.15) is 0 Å². The summed E-state index contributed by atoms with van der Waals surface area (Å²) in [6.07, 6.45) is -22.3. The van der Waals surface area contributed by atoms with E-state index in [-0.39, 0.29) is 0 Å². The second kappa shape index (κ2) is 7.59. The van der Waals surface area contributed by atoms with Crippen LogP contribution in [0, 0.1) is 29.1 Å². The Hall–Kier alpha value is -2.47. The SMILES string of the molecule is O=C(F)C(F)(OC(F)(F)C(F)(Oc1c(F)c(F)c(F)c(F)c1F)C(F)(F)F)C(F)(F)F. The first kappa shape index (κ1) is 26.6. The lowest BCUT2D eigenvalue weighted by Crippen LogP contribution is -2.65. The van der Waals surface area contributed by atoms with E-state index in [2.05, 4.69) is 4.74 Å². The predicted molar refractivity (Wildman–Crippen MR) is 58.8 cm³/mol. The lowest BCUT2D eigenvalue weighted by molar-refractivity contribution is -0.483. The molecule has 0 aliphatic carbocycles. The molecule has 2 atom stereocenters. The van der Waals surface area contributed by atoms with Crippen molar-refractivity contribution in [2.24, 2.45) is 0 Å². The van der Waals surface area contributed by atoms with Gasteiger partial charge in [-0.25, -0.2) is 13.2 Å². The lowest BCUT2D eigenvalue weighted by atomic mass is 10.2. The molecule has 1 aromatic carbocycles. The van der Waals surface area contributed by atoms with Crippen LogP contribution in [0.4, 0.5) is 70.2 Å². The van der Waals surface area contributed by atoms with E-state index in [0.29, 0.717) is 0 Å². The Morgan fingerprint density at radius 3 is 1.26 bits per heavy atom. The summed E-state index contributed by atoms with van der Waals surface area (Å²) in [7, 11) is 0. The molecule has 0 spiro atoms. The van der Waals surface area contributed by atoms with Crippen LogP contribution in [-0.2, 0) is 9.53 Å². The standard InChI is InChI=1S/C12F16O3/c13-1-2(14)4(16)6(5(17)3(1)15)30-9(20,11(24,25)26)12(27,28)31-8(19,7(18)29)10(21,22)23. The van der Waals surface area contributed by atoms with Crippen LogP contribution in [0.1, 0.15) is 0 Å². The molecule has 0 aliphatic rings. The van der Waals surface area contributed by atoms with Gasteiger partial charge in [-0.05, 0) is 0 Å². The first-order valence-corrected chi connectivity index (χ1v) is 6.54. The summed E-state index contributed by atoms with van der Waals surface area (Å²) in [6.45, 7) is 0. The van der Waals surface area contributed by atoms with E-state index in [0.717, 1.165) is 0 Å². The molecule has 1 rings (SSSR count). The fourth-order valence-corrected chi connectivity index (χ4v) is 1.55. The fraction of sp³-hybridized carbons (Fsp3) is 0.417. The zero-order valence-electron chi connectivity index (χ0n) is 13.3. The first-order chi connectivity index (χ1) is 13.5. The van der Waals surface area contributed by atoms with Gasteiger partial charge in [0.05, 0.1) is 0 Å². The largest absolute Gasteiger partial charge is 0.470 e. The fourth-order valence-electron chi connectivity index (χ4n) is 1.55. The smallest absolute Gasteiger partial charge is 0.437 e. The second-order valence-corrected chi connectivity index (χ2v) is 5.08. The number of benzene rings is 1. The Balaban J connectivity index is 3.74. The molecule has 0 amide bonds.